The average molecular weight is 356 g/mol. The molecule has 0 unspecified atom stereocenters. The molecular formula is C10H11BrFNO5S. The lowest BCUT2D eigenvalue weighted by Crippen LogP contribution is -2.41. The van der Waals surface area contributed by atoms with E-state index in [9.17, 15) is 17.6 Å². The van der Waals surface area contributed by atoms with Crippen molar-refractivity contribution in [2.45, 2.75) is 17.4 Å². The number of nitrogens with one attached hydrogen (secondary N) is 1. The van der Waals surface area contributed by atoms with Crippen LogP contribution in [0.1, 0.15) is 6.42 Å². The predicted molar refractivity (Wildman–Crippen MR) is 67.5 cm³/mol. The van der Waals surface area contributed by atoms with Gasteiger partial charge in [-0.2, -0.15) is 4.72 Å². The van der Waals surface area contributed by atoms with Gasteiger partial charge in [-0.25, -0.2) is 12.8 Å². The van der Waals surface area contributed by atoms with Crippen LogP contribution in [0.5, 0.6) is 0 Å². The highest BCUT2D eigenvalue weighted by Crippen LogP contribution is 2.23. The Morgan fingerprint density at radius 2 is 2.11 bits per heavy atom. The Bertz CT molecular complexity index is 577. The van der Waals surface area contributed by atoms with Crippen molar-refractivity contribution in [3.05, 3.63) is 28.5 Å². The maximum absolute atomic E-state index is 12.9. The number of aliphatic hydroxyl groups excluding tert-OH is 1. The van der Waals surface area contributed by atoms with Crippen LogP contribution in [0.2, 0.25) is 0 Å². The standard InChI is InChI=1S/C10H11BrFNO5S/c11-7-5-6(12)1-2-9(7)19(17,18)13-8(3-4-14)10(15)16/h1-2,5,8,13-14H,3-4H2,(H,15,16)/t8-/m1/s1. The van der Waals surface area contributed by atoms with E-state index >= 15 is 0 Å². The Labute approximate surface area is 117 Å². The van der Waals surface area contributed by atoms with E-state index in [1.807, 2.05) is 4.72 Å². The third kappa shape index (κ3) is 4.23. The minimum Gasteiger partial charge on any atom is -0.480 e. The molecule has 0 bridgehead atoms. The van der Waals surface area contributed by atoms with Gasteiger partial charge in [0.25, 0.3) is 0 Å². The van der Waals surface area contributed by atoms with Crippen molar-refractivity contribution in [1.29, 1.82) is 0 Å². The molecule has 1 atom stereocenters. The Kier molecular flexibility index (Phi) is 5.41. The number of hydrogen-bond acceptors (Lipinski definition) is 4. The molecule has 0 amide bonds. The Morgan fingerprint density at radius 3 is 2.58 bits per heavy atom. The molecular weight excluding hydrogens is 345 g/mol. The maximum atomic E-state index is 12.9. The molecule has 1 aromatic rings. The summed E-state index contributed by atoms with van der Waals surface area (Å²) < 4.78 is 38.7. The Hall–Kier alpha value is -1.03. The van der Waals surface area contributed by atoms with Gasteiger partial charge in [-0.1, -0.05) is 0 Å². The molecule has 1 aromatic carbocycles. The first-order valence-electron chi connectivity index (χ1n) is 5.09. The van der Waals surface area contributed by atoms with E-state index in [4.69, 9.17) is 10.2 Å². The normalized spacial score (nSPS) is 13.2. The molecule has 19 heavy (non-hydrogen) atoms. The molecule has 0 saturated carbocycles. The summed E-state index contributed by atoms with van der Waals surface area (Å²) in [5, 5.41) is 17.5. The zero-order chi connectivity index (χ0) is 14.6. The van der Waals surface area contributed by atoms with E-state index < -0.39 is 34.5 Å². The van der Waals surface area contributed by atoms with Crippen molar-refractivity contribution in [2.75, 3.05) is 6.61 Å². The highest BCUT2D eigenvalue weighted by Gasteiger charge is 2.26. The number of benzene rings is 1. The largest absolute Gasteiger partial charge is 0.480 e. The molecule has 0 aliphatic carbocycles. The fourth-order valence-corrected chi connectivity index (χ4v) is 3.58. The molecule has 1 rings (SSSR count). The zero-order valence-corrected chi connectivity index (χ0v) is 11.9. The number of aliphatic carboxylic acids is 1. The minimum absolute atomic E-state index is 0.0202. The molecule has 0 heterocycles. The van der Waals surface area contributed by atoms with Crippen LogP contribution in [0.4, 0.5) is 4.39 Å². The SMILES string of the molecule is O=C(O)[C@@H](CCO)NS(=O)(=O)c1ccc(F)cc1Br. The van der Waals surface area contributed by atoms with Gasteiger partial charge >= 0.3 is 5.97 Å². The van der Waals surface area contributed by atoms with E-state index in [0.717, 1.165) is 18.2 Å². The van der Waals surface area contributed by atoms with Crippen molar-refractivity contribution in [1.82, 2.24) is 4.72 Å². The number of carboxylic acids is 1. The van der Waals surface area contributed by atoms with Crippen LogP contribution in [0, 0.1) is 5.82 Å². The number of aliphatic hydroxyl groups is 1. The van der Waals surface area contributed by atoms with Gasteiger partial charge in [0.1, 0.15) is 11.9 Å². The van der Waals surface area contributed by atoms with Crippen molar-refractivity contribution < 1.29 is 27.8 Å². The second-order valence-electron chi connectivity index (χ2n) is 3.60. The van der Waals surface area contributed by atoms with Crippen LogP contribution < -0.4 is 4.72 Å². The Morgan fingerprint density at radius 1 is 1.47 bits per heavy atom. The van der Waals surface area contributed by atoms with E-state index in [-0.39, 0.29) is 15.8 Å². The summed E-state index contributed by atoms with van der Waals surface area (Å²) >= 11 is 2.89. The van der Waals surface area contributed by atoms with Gasteiger partial charge < -0.3 is 10.2 Å². The topological polar surface area (TPSA) is 104 Å². The average Bonchev–Trinajstić information content (AvgIpc) is 2.27. The van der Waals surface area contributed by atoms with Crippen LogP contribution in [-0.4, -0.2) is 37.2 Å². The first kappa shape index (κ1) is 16.0. The molecule has 0 fully saturated rings. The molecule has 3 N–H and O–H groups in total. The summed E-state index contributed by atoms with van der Waals surface area (Å²) in [7, 11) is -4.13. The number of carbonyl (C=O) groups is 1. The third-order valence-electron chi connectivity index (χ3n) is 2.20. The van der Waals surface area contributed by atoms with Crippen molar-refractivity contribution >= 4 is 31.9 Å². The number of halogens is 2. The highest BCUT2D eigenvalue weighted by atomic mass is 79.9. The molecule has 0 aliphatic rings. The molecule has 0 radical (unpaired) electrons. The zero-order valence-electron chi connectivity index (χ0n) is 9.51. The van der Waals surface area contributed by atoms with E-state index in [1.54, 1.807) is 0 Å². The quantitative estimate of drug-likeness (QED) is 0.696. The Balaban J connectivity index is 3.06. The van der Waals surface area contributed by atoms with Crippen LogP contribution in [0.25, 0.3) is 0 Å². The monoisotopic (exact) mass is 355 g/mol. The molecule has 6 nitrogen and oxygen atoms in total. The molecule has 0 aromatic heterocycles. The highest BCUT2D eigenvalue weighted by molar-refractivity contribution is 9.10. The summed E-state index contributed by atoms with van der Waals surface area (Å²) in [5.41, 5.74) is 0. The summed E-state index contributed by atoms with van der Waals surface area (Å²) in [4.78, 5) is 10.5. The molecule has 106 valence electrons. The van der Waals surface area contributed by atoms with Crippen molar-refractivity contribution in [2.24, 2.45) is 0 Å². The summed E-state index contributed by atoms with van der Waals surface area (Å²) in [6.07, 6.45) is -0.270. The lowest BCUT2D eigenvalue weighted by molar-refractivity contribution is -0.139. The van der Waals surface area contributed by atoms with E-state index in [1.165, 1.54) is 0 Å². The third-order valence-corrected chi connectivity index (χ3v) is 4.65. The number of carboxylic acid groups (broad SMARTS) is 1. The lowest BCUT2D eigenvalue weighted by Gasteiger charge is -2.14. The van der Waals surface area contributed by atoms with Gasteiger partial charge in [0.15, 0.2) is 0 Å². The minimum atomic E-state index is -4.13. The summed E-state index contributed by atoms with van der Waals surface area (Å²) in [6.45, 7) is -0.482. The van der Waals surface area contributed by atoms with E-state index in [0.29, 0.717) is 0 Å². The molecule has 0 aliphatic heterocycles. The van der Waals surface area contributed by atoms with Crippen molar-refractivity contribution in [3.63, 3.8) is 0 Å². The van der Waals surface area contributed by atoms with E-state index in [2.05, 4.69) is 15.9 Å². The fourth-order valence-electron chi connectivity index (χ4n) is 1.31. The molecule has 9 heteroatoms. The summed E-state index contributed by atoms with van der Waals surface area (Å²) in [6, 6.07) is 1.46. The van der Waals surface area contributed by atoms with Gasteiger partial charge in [0, 0.05) is 11.1 Å². The maximum Gasteiger partial charge on any atom is 0.321 e. The number of hydrogen-bond donors (Lipinski definition) is 3. The van der Waals surface area contributed by atoms with Crippen molar-refractivity contribution in [3.8, 4) is 0 Å². The lowest BCUT2D eigenvalue weighted by atomic mass is 10.2. The van der Waals surface area contributed by atoms with Crippen LogP contribution in [0.3, 0.4) is 0 Å². The van der Waals surface area contributed by atoms with Crippen LogP contribution in [0.15, 0.2) is 27.6 Å². The predicted octanol–water partition coefficient (Wildman–Crippen LogP) is 0.702. The fraction of sp³-hybridized carbons (Fsp3) is 0.300. The second kappa shape index (κ2) is 6.42. The number of rotatable bonds is 6. The smallest absolute Gasteiger partial charge is 0.321 e. The van der Waals surface area contributed by atoms with Crippen LogP contribution >= 0.6 is 15.9 Å². The van der Waals surface area contributed by atoms with Gasteiger partial charge in [-0.05, 0) is 40.5 Å². The first-order chi connectivity index (χ1) is 8.77. The van der Waals surface area contributed by atoms with Gasteiger partial charge in [0.05, 0.1) is 4.90 Å². The number of sulfonamides is 1. The van der Waals surface area contributed by atoms with Gasteiger partial charge in [0.2, 0.25) is 10.0 Å². The van der Waals surface area contributed by atoms with Gasteiger partial charge in [-0.15, -0.1) is 0 Å². The molecule has 0 saturated heterocycles. The molecule has 0 spiro atoms. The first-order valence-corrected chi connectivity index (χ1v) is 7.36. The second-order valence-corrected chi connectivity index (χ2v) is 6.14. The van der Waals surface area contributed by atoms with Crippen LogP contribution in [-0.2, 0) is 14.8 Å². The summed E-state index contributed by atoms with van der Waals surface area (Å²) in [5.74, 6) is -2.04. The van der Waals surface area contributed by atoms with Gasteiger partial charge in [-0.3, -0.25) is 4.79 Å².